The molecule has 0 aliphatic heterocycles. The quantitative estimate of drug-likeness (QED) is 0.254. The SMILES string of the molecule is C=CCN(CC=C)S(=O)(=O)c1ccc(C(=O)N(Cc2cccnc2)c2nc3ccc(OC)cc3s2)cc1. The van der Waals surface area contributed by atoms with Gasteiger partial charge in [-0.25, -0.2) is 13.4 Å². The molecule has 0 atom stereocenters. The number of rotatable bonds is 11. The van der Waals surface area contributed by atoms with Crippen LogP contribution in [-0.4, -0.2) is 48.8 Å². The Kier molecular flexibility index (Phi) is 8.12. The standard InChI is InChI=1S/C27H26N4O4S2/c1-4-15-30(16-5-2)37(33,34)23-11-8-21(9-12-23)26(32)31(19-20-7-6-14-28-18-20)27-29-24-13-10-22(35-3)17-25(24)36-27/h4-14,17-18H,1-2,15-16,19H2,3H3. The summed E-state index contributed by atoms with van der Waals surface area (Å²) in [6, 6.07) is 15.1. The van der Waals surface area contributed by atoms with Crippen LogP contribution in [0.25, 0.3) is 10.2 Å². The van der Waals surface area contributed by atoms with Crippen LogP contribution >= 0.6 is 11.3 Å². The number of nitrogens with zero attached hydrogens (tertiary/aromatic N) is 4. The molecular formula is C27H26N4O4S2. The smallest absolute Gasteiger partial charge is 0.260 e. The minimum absolute atomic E-state index is 0.0821. The van der Waals surface area contributed by atoms with Gasteiger partial charge in [-0.1, -0.05) is 29.6 Å². The van der Waals surface area contributed by atoms with Crippen molar-refractivity contribution < 1.29 is 17.9 Å². The summed E-state index contributed by atoms with van der Waals surface area (Å²) in [5, 5.41) is 0.511. The number of hydrogen-bond acceptors (Lipinski definition) is 7. The molecule has 2 aromatic carbocycles. The molecule has 10 heteroatoms. The van der Waals surface area contributed by atoms with Gasteiger partial charge in [0.25, 0.3) is 5.91 Å². The monoisotopic (exact) mass is 534 g/mol. The fraction of sp³-hybridized carbons (Fsp3) is 0.148. The second kappa shape index (κ2) is 11.5. The molecule has 0 unspecified atom stereocenters. The van der Waals surface area contributed by atoms with E-state index in [4.69, 9.17) is 4.74 Å². The van der Waals surface area contributed by atoms with Gasteiger partial charge in [-0.3, -0.25) is 14.7 Å². The molecule has 37 heavy (non-hydrogen) atoms. The zero-order valence-corrected chi connectivity index (χ0v) is 21.9. The number of pyridine rings is 1. The maximum Gasteiger partial charge on any atom is 0.260 e. The van der Waals surface area contributed by atoms with Crippen LogP contribution in [-0.2, 0) is 16.6 Å². The molecule has 0 N–H and O–H groups in total. The molecule has 2 aromatic heterocycles. The third-order valence-corrected chi connectivity index (χ3v) is 8.42. The average molecular weight is 535 g/mol. The first-order chi connectivity index (χ1) is 17.9. The summed E-state index contributed by atoms with van der Waals surface area (Å²) in [6.07, 6.45) is 6.40. The summed E-state index contributed by atoms with van der Waals surface area (Å²) >= 11 is 1.37. The summed E-state index contributed by atoms with van der Waals surface area (Å²) in [7, 11) is -2.18. The number of fused-ring (bicyclic) bond motifs is 1. The zero-order valence-electron chi connectivity index (χ0n) is 20.3. The molecule has 0 saturated heterocycles. The number of aromatic nitrogens is 2. The predicted octanol–water partition coefficient (Wildman–Crippen LogP) is 4.91. The van der Waals surface area contributed by atoms with Crippen molar-refractivity contribution in [3.63, 3.8) is 0 Å². The number of sulfonamides is 1. The average Bonchev–Trinajstić information content (AvgIpc) is 3.35. The molecule has 190 valence electrons. The molecule has 0 spiro atoms. The molecule has 1 amide bonds. The fourth-order valence-corrected chi connectivity index (χ4v) is 6.04. The highest BCUT2D eigenvalue weighted by Crippen LogP contribution is 2.33. The lowest BCUT2D eigenvalue weighted by molar-refractivity contribution is 0.0985. The summed E-state index contributed by atoms with van der Waals surface area (Å²) in [6.45, 7) is 7.80. The van der Waals surface area contributed by atoms with Crippen LogP contribution in [0, 0.1) is 0 Å². The van der Waals surface area contributed by atoms with E-state index in [1.165, 1.54) is 52.1 Å². The number of benzene rings is 2. The first-order valence-electron chi connectivity index (χ1n) is 11.3. The maximum atomic E-state index is 13.7. The van der Waals surface area contributed by atoms with Gasteiger partial charge in [0.05, 0.1) is 28.8 Å². The fourth-order valence-electron chi connectivity index (χ4n) is 3.67. The van der Waals surface area contributed by atoms with E-state index in [0.29, 0.717) is 16.4 Å². The Morgan fingerprint density at radius 2 is 1.81 bits per heavy atom. The summed E-state index contributed by atoms with van der Waals surface area (Å²) < 4.78 is 33.6. The second-order valence-electron chi connectivity index (χ2n) is 8.01. The highest BCUT2D eigenvalue weighted by Gasteiger charge is 2.25. The van der Waals surface area contributed by atoms with Crippen molar-refractivity contribution in [1.82, 2.24) is 14.3 Å². The summed E-state index contributed by atoms with van der Waals surface area (Å²) in [5.41, 5.74) is 1.91. The van der Waals surface area contributed by atoms with E-state index >= 15 is 0 Å². The van der Waals surface area contributed by atoms with Crippen molar-refractivity contribution in [2.45, 2.75) is 11.4 Å². The number of thiazole rings is 1. The van der Waals surface area contributed by atoms with E-state index in [9.17, 15) is 13.2 Å². The number of hydrogen-bond donors (Lipinski definition) is 0. The van der Waals surface area contributed by atoms with Gasteiger partial charge in [-0.2, -0.15) is 4.31 Å². The van der Waals surface area contributed by atoms with E-state index in [0.717, 1.165) is 15.8 Å². The Balaban J connectivity index is 1.69. The summed E-state index contributed by atoms with van der Waals surface area (Å²) in [4.78, 5) is 24.2. The molecule has 0 radical (unpaired) electrons. The normalized spacial score (nSPS) is 11.4. The Bertz CT molecular complexity index is 1510. The maximum absolute atomic E-state index is 13.7. The van der Waals surface area contributed by atoms with Crippen molar-refractivity contribution in [2.75, 3.05) is 25.1 Å². The lowest BCUT2D eigenvalue weighted by Gasteiger charge is -2.21. The van der Waals surface area contributed by atoms with E-state index in [-0.39, 0.29) is 30.4 Å². The van der Waals surface area contributed by atoms with Crippen LogP contribution in [0.2, 0.25) is 0 Å². The number of anilines is 1. The van der Waals surface area contributed by atoms with E-state index in [2.05, 4.69) is 23.1 Å². The minimum Gasteiger partial charge on any atom is -0.497 e. The number of amides is 1. The Morgan fingerprint density at radius 1 is 1.08 bits per heavy atom. The van der Waals surface area contributed by atoms with Crippen molar-refractivity contribution in [1.29, 1.82) is 0 Å². The van der Waals surface area contributed by atoms with Crippen molar-refractivity contribution in [3.05, 3.63) is 103 Å². The van der Waals surface area contributed by atoms with Gasteiger partial charge >= 0.3 is 0 Å². The van der Waals surface area contributed by atoms with Gasteiger partial charge in [0, 0.05) is 31.0 Å². The summed E-state index contributed by atoms with van der Waals surface area (Å²) in [5.74, 6) is 0.388. The van der Waals surface area contributed by atoms with Gasteiger partial charge in [0.2, 0.25) is 10.0 Å². The number of carbonyl (C=O) groups excluding carboxylic acids is 1. The lowest BCUT2D eigenvalue weighted by Crippen LogP contribution is -2.32. The van der Waals surface area contributed by atoms with Crippen LogP contribution in [0.3, 0.4) is 0 Å². The molecule has 0 aliphatic carbocycles. The Morgan fingerprint density at radius 3 is 2.43 bits per heavy atom. The molecule has 4 aromatic rings. The van der Waals surface area contributed by atoms with Gasteiger partial charge < -0.3 is 4.74 Å². The van der Waals surface area contributed by atoms with E-state index in [1.54, 1.807) is 30.5 Å². The van der Waals surface area contributed by atoms with Crippen LogP contribution in [0.15, 0.2) is 97.2 Å². The van der Waals surface area contributed by atoms with Gasteiger partial charge in [-0.05, 0) is 54.1 Å². The number of carbonyl (C=O) groups is 1. The molecule has 0 fully saturated rings. The van der Waals surface area contributed by atoms with Crippen LogP contribution in [0.4, 0.5) is 5.13 Å². The first kappa shape index (κ1) is 26.2. The number of ether oxygens (including phenoxy) is 1. The predicted molar refractivity (Wildman–Crippen MR) is 147 cm³/mol. The lowest BCUT2D eigenvalue weighted by atomic mass is 10.2. The third-order valence-electron chi connectivity index (χ3n) is 5.53. The van der Waals surface area contributed by atoms with Gasteiger partial charge in [0.1, 0.15) is 5.75 Å². The third kappa shape index (κ3) is 5.77. The first-order valence-corrected chi connectivity index (χ1v) is 13.6. The molecule has 4 rings (SSSR count). The van der Waals surface area contributed by atoms with Crippen LogP contribution < -0.4 is 9.64 Å². The molecule has 2 heterocycles. The Labute approximate surface area is 220 Å². The Hall–Kier alpha value is -3.86. The topological polar surface area (TPSA) is 92.7 Å². The van der Waals surface area contributed by atoms with Crippen LogP contribution in [0.5, 0.6) is 5.75 Å². The molecule has 0 saturated carbocycles. The highest BCUT2D eigenvalue weighted by atomic mass is 32.2. The second-order valence-corrected chi connectivity index (χ2v) is 11.0. The molecule has 0 aliphatic rings. The zero-order chi connectivity index (χ0) is 26.4. The van der Waals surface area contributed by atoms with Crippen LogP contribution in [0.1, 0.15) is 15.9 Å². The molecule has 8 nitrogen and oxygen atoms in total. The molecule has 0 bridgehead atoms. The van der Waals surface area contributed by atoms with E-state index < -0.39 is 10.0 Å². The van der Waals surface area contributed by atoms with Gasteiger partial charge in [-0.15, -0.1) is 13.2 Å². The van der Waals surface area contributed by atoms with Crippen molar-refractivity contribution >= 4 is 42.6 Å². The van der Waals surface area contributed by atoms with Gasteiger partial charge in [0.15, 0.2) is 5.13 Å². The molecular weight excluding hydrogens is 508 g/mol. The largest absolute Gasteiger partial charge is 0.497 e. The highest BCUT2D eigenvalue weighted by molar-refractivity contribution is 7.89. The number of methoxy groups -OCH3 is 1. The van der Waals surface area contributed by atoms with E-state index in [1.807, 2.05) is 24.3 Å². The van der Waals surface area contributed by atoms with Crippen molar-refractivity contribution in [2.24, 2.45) is 0 Å². The van der Waals surface area contributed by atoms with Crippen molar-refractivity contribution in [3.8, 4) is 5.75 Å². The minimum atomic E-state index is -3.78.